The Hall–Kier alpha value is -0.0800. The fourth-order valence-corrected chi connectivity index (χ4v) is 3.06. The molecule has 108 valence electrons. The zero-order valence-electron chi connectivity index (χ0n) is 13.0. The monoisotopic (exact) mass is 254 g/mol. The van der Waals surface area contributed by atoms with E-state index < -0.39 is 0 Å². The van der Waals surface area contributed by atoms with Crippen molar-refractivity contribution in [3.05, 3.63) is 0 Å². The number of rotatable bonds is 8. The van der Waals surface area contributed by atoms with E-state index in [0.29, 0.717) is 0 Å². The molecule has 0 aromatic heterocycles. The first-order chi connectivity index (χ1) is 8.58. The average molecular weight is 254 g/mol. The Morgan fingerprint density at radius 1 is 1.11 bits per heavy atom. The Morgan fingerprint density at radius 2 is 1.78 bits per heavy atom. The summed E-state index contributed by atoms with van der Waals surface area (Å²) < 4.78 is 0. The van der Waals surface area contributed by atoms with Crippen LogP contribution < -0.4 is 5.32 Å². The summed E-state index contributed by atoms with van der Waals surface area (Å²) in [7, 11) is 0. The van der Waals surface area contributed by atoms with Crippen molar-refractivity contribution in [2.24, 2.45) is 17.8 Å². The van der Waals surface area contributed by atoms with E-state index >= 15 is 0 Å². The van der Waals surface area contributed by atoms with Gasteiger partial charge >= 0.3 is 0 Å². The molecule has 0 spiro atoms. The first-order valence-corrected chi connectivity index (χ1v) is 8.01. The maximum atomic E-state index is 3.52. The van der Waals surface area contributed by atoms with Crippen molar-refractivity contribution in [3.63, 3.8) is 0 Å². The number of piperidine rings is 1. The van der Waals surface area contributed by atoms with E-state index in [4.69, 9.17) is 0 Å². The fourth-order valence-electron chi connectivity index (χ4n) is 3.06. The van der Waals surface area contributed by atoms with Gasteiger partial charge < -0.3 is 10.2 Å². The van der Waals surface area contributed by atoms with Crippen molar-refractivity contribution < 1.29 is 0 Å². The van der Waals surface area contributed by atoms with Gasteiger partial charge in [-0.05, 0) is 63.1 Å². The third kappa shape index (κ3) is 7.38. The van der Waals surface area contributed by atoms with Crippen LogP contribution in [0.3, 0.4) is 0 Å². The van der Waals surface area contributed by atoms with Gasteiger partial charge in [0.25, 0.3) is 0 Å². The van der Waals surface area contributed by atoms with Gasteiger partial charge in [-0.2, -0.15) is 0 Å². The van der Waals surface area contributed by atoms with Gasteiger partial charge in [-0.3, -0.25) is 0 Å². The summed E-state index contributed by atoms with van der Waals surface area (Å²) in [5.41, 5.74) is 0. The van der Waals surface area contributed by atoms with Crippen LogP contribution >= 0.6 is 0 Å². The lowest BCUT2D eigenvalue weighted by atomic mass is 9.94. The topological polar surface area (TPSA) is 15.3 Å². The molecule has 1 aliphatic rings. The van der Waals surface area contributed by atoms with Crippen molar-refractivity contribution in [2.75, 3.05) is 32.7 Å². The molecule has 0 saturated carbocycles. The molecule has 0 radical (unpaired) electrons. The fraction of sp³-hybridized carbons (Fsp3) is 1.00. The van der Waals surface area contributed by atoms with Gasteiger partial charge in [0.05, 0.1) is 0 Å². The molecule has 1 saturated heterocycles. The van der Waals surface area contributed by atoms with E-state index in [-0.39, 0.29) is 0 Å². The van der Waals surface area contributed by atoms with Crippen LogP contribution in [0, 0.1) is 17.8 Å². The molecule has 0 bridgehead atoms. The molecule has 0 aromatic rings. The first-order valence-electron chi connectivity index (χ1n) is 8.01. The SMILES string of the molecule is CC(C)CN(CCCC1CCCNC1)CC(C)C. The highest BCUT2D eigenvalue weighted by atomic mass is 15.1. The summed E-state index contributed by atoms with van der Waals surface area (Å²) >= 11 is 0. The minimum Gasteiger partial charge on any atom is -0.316 e. The van der Waals surface area contributed by atoms with Gasteiger partial charge in [0.15, 0.2) is 0 Å². The summed E-state index contributed by atoms with van der Waals surface area (Å²) in [6, 6.07) is 0. The maximum Gasteiger partial charge on any atom is 0.000449 e. The zero-order valence-corrected chi connectivity index (χ0v) is 13.0. The van der Waals surface area contributed by atoms with Crippen LogP contribution in [0.2, 0.25) is 0 Å². The van der Waals surface area contributed by atoms with E-state index in [1.807, 2.05) is 0 Å². The molecule has 1 unspecified atom stereocenters. The van der Waals surface area contributed by atoms with E-state index in [0.717, 1.165) is 17.8 Å². The number of nitrogens with zero attached hydrogens (tertiary/aromatic N) is 1. The Balaban J connectivity index is 2.18. The lowest BCUT2D eigenvalue weighted by Gasteiger charge is -2.28. The van der Waals surface area contributed by atoms with Crippen molar-refractivity contribution in [2.45, 2.75) is 53.4 Å². The Labute approximate surface area is 115 Å². The molecular formula is C16H34N2. The van der Waals surface area contributed by atoms with Gasteiger partial charge in [0.2, 0.25) is 0 Å². The van der Waals surface area contributed by atoms with Crippen LogP contribution in [-0.2, 0) is 0 Å². The van der Waals surface area contributed by atoms with Crippen molar-refractivity contribution in [1.29, 1.82) is 0 Å². The predicted molar refractivity (Wildman–Crippen MR) is 80.9 cm³/mol. The van der Waals surface area contributed by atoms with Gasteiger partial charge in [-0.25, -0.2) is 0 Å². The highest BCUT2D eigenvalue weighted by Gasteiger charge is 2.14. The summed E-state index contributed by atoms with van der Waals surface area (Å²) in [5, 5.41) is 3.52. The van der Waals surface area contributed by atoms with Gasteiger partial charge in [-0.15, -0.1) is 0 Å². The van der Waals surface area contributed by atoms with Crippen LogP contribution in [0.5, 0.6) is 0 Å². The average Bonchev–Trinajstić information content (AvgIpc) is 2.28. The molecule has 2 nitrogen and oxygen atoms in total. The summed E-state index contributed by atoms with van der Waals surface area (Å²) in [4.78, 5) is 2.67. The van der Waals surface area contributed by atoms with E-state index in [1.165, 1.54) is 58.4 Å². The molecule has 2 heteroatoms. The third-order valence-electron chi connectivity index (χ3n) is 3.73. The van der Waals surface area contributed by atoms with Gasteiger partial charge in [0.1, 0.15) is 0 Å². The summed E-state index contributed by atoms with van der Waals surface area (Å²) in [6.45, 7) is 15.7. The normalized spacial score (nSPS) is 21.2. The van der Waals surface area contributed by atoms with Crippen molar-refractivity contribution in [3.8, 4) is 0 Å². The van der Waals surface area contributed by atoms with Gasteiger partial charge in [-0.1, -0.05) is 27.7 Å². The molecule has 18 heavy (non-hydrogen) atoms. The first kappa shape index (κ1) is 16.0. The summed E-state index contributed by atoms with van der Waals surface area (Å²) in [6.07, 6.45) is 5.62. The Bertz CT molecular complexity index is 185. The molecule has 1 rings (SSSR count). The zero-order chi connectivity index (χ0) is 13.4. The number of nitrogens with one attached hydrogen (secondary N) is 1. The van der Waals surface area contributed by atoms with E-state index in [1.54, 1.807) is 0 Å². The quantitative estimate of drug-likeness (QED) is 0.714. The smallest absolute Gasteiger partial charge is 0.000449 e. The number of hydrogen-bond acceptors (Lipinski definition) is 2. The van der Waals surface area contributed by atoms with Crippen molar-refractivity contribution >= 4 is 0 Å². The van der Waals surface area contributed by atoms with Crippen LogP contribution in [-0.4, -0.2) is 37.6 Å². The molecule has 1 heterocycles. The minimum absolute atomic E-state index is 0.792. The van der Waals surface area contributed by atoms with Crippen LogP contribution in [0.1, 0.15) is 53.4 Å². The molecule has 1 N–H and O–H groups in total. The largest absolute Gasteiger partial charge is 0.316 e. The van der Waals surface area contributed by atoms with E-state index in [2.05, 4.69) is 37.9 Å². The standard InChI is InChI=1S/C16H34N2/c1-14(2)12-18(13-15(3)4)10-6-8-16-7-5-9-17-11-16/h14-17H,5-13H2,1-4H3. The lowest BCUT2D eigenvalue weighted by Crippen LogP contribution is -2.33. The second kappa shape index (κ2) is 8.92. The Morgan fingerprint density at radius 3 is 2.28 bits per heavy atom. The molecule has 1 atom stereocenters. The number of hydrogen-bond donors (Lipinski definition) is 1. The minimum atomic E-state index is 0.792. The highest BCUT2D eigenvalue weighted by molar-refractivity contribution is 4.70. The molecule has 1 aliphatic heterocycles. The molecule has 0 amide bonds. The predicted octanol–water partition coefficient (Wildman–Crippen LogP) is 3.38. The molecule has 0 aromatic carbocycles. The molecule has 0 aliphatic carbocycles. The second-order valence-electron chi connectivity index (χ2n) is 6.90. The van der Waals surface area contributed by atoms with E-state index in [9.17, 15) is 0 Å². The second-order valence-corrected chi connectivity index (χ2v) is 6.90. The lowest BCUT2D eigenvalue weighted by molar-refractivity contribution is 0.208. The maximum absolute atomic E-state index is 3.52. The molecule has 1 fully saturated rings. The van der Waals surface area contributed by atoms with Crippen LogP contribution in [0.4, 0.5) is 0 Å². The van der Waals surface area contributed by atoms with Crippen LogP contribution in [0.15, 0.2) is 0 Å². The highest BCUT2D eigenvalue weighted by Crippen LogP contribution is 2.16. The van der Waals surface area contributed by atoms with Gasteiger partial charge in [0, 0.05) is 13.1 Å². The van der Waals surface area contributed by atoms with Crippen molar-refractivity contribution in [1.82, 2.24) is 10.2 Å². The van der Waals surface area contributed by atoms with Crippen LogP contribution in [0.25, 0.3) is 0 Å². The molecular weight excluding hydrogens is 220 g/mol. The third-order valence-corrected chi connectivity index (χ3v) is 3.73. The summed E-state index contributed by atoms with van der Waals surface area (Å²) in [5.74, 6) is 2.53. The Kier molecular flexibility index (Phi) is 7.92.